The molecule has 38 heavy (non-hydrogen) atoms. The Balaban J connectivity index is 1.40. The number of ketones is 1. The van der Waals surface area contributed by atoms with E-state index in [1.54, 1.807) is 41.3 Å². The molecule has 192 valence electrons. The number of hydrogen-bond donors (Lipinski definition) is 0. The number of nitriles is 1. The van der Waals surface area contributed by atoms with Gasteiger partial charge in [0, 0.05) is 0 Å². The number of aromatic nitrogens is 2. The number of anilines is 1. The fraction of sp³-hybridized carbons (Fsp3) is 0.250. The maximum absolute atomic E-state index is 13.7. The normalized spacial score (nSPS) is 15.9. The third kappa shape index (κ3) is 4.47. The molecule has 9 nitrogen and oxygen atoms in total. The first kappa shape index (κ1) is 24.4. The molecule has 5 heterocycles. The number of furan rings is 1. The van der Waals surface area contributed by atoms with E-state index < -0.39 is 25.4 Å². The van der Waals surface area contributed by atoms with Crippen molar-refractivity contribution in [1.29, 1.82) is 5.26 Å². The van der Waals surface area contributed by atoms with Crippen LogP contribution >= 0.6 is 19.8 Å². The molecule has 4 aromatic rings. The Bertz CT molecular complexity index is 1630. The van der Waals surface area contributed by atoms with E-state index in [9.17, 15) is 19.6 Å². The van der Waals surface area contributed by atoms with E-state index in [0.29, 0.717) is 43.1 Å². The first-order valence-electron chi connectivity index (χ1n) is 12.3. The molecule has 2 aliphatic heterocycles. The molecule has 1 aromatic carbocycles. The number of hydrogen-bond acceptors (Lipinski definition) is 7. The van der Waals surface area contributed by atoms with Gasteiger partial charge < -0.3 is 0 Å². The van der Waals surface area contributed by atoms with Crippen LogP contribution in [0.2, 0.25) is 0 Å². The Morgan fingerprint density at radius 2 is 1.82 bits per heavy atom. The third-order valence-corrected chi connectivity index (χ3v) is 11.4. The predicted molar refractivity (Wildman–Crippen MR) is 151 cm³/mol. The number of piperazine rings is 1. The molecule has 0 spiro atoms. The summed E-state index contributed by atoms with van der Waals surface area (Å²) < 4.78 is 10.3. The van der Waals surface area contributed by atoms with Crippen LogP contribution in [0.4, 0.5) is 5.69 Å². The van der Waals surface area contributed by atoms with Gasteiger partial charge in [0.1, 0.15) is 0 Å². The van der Waals surface area contributed by atoms with Gasteiger partial charge in [-0.1, -0.05) is 0 Å². The molecule has 0 bridgehead atoms. The minimum atomic E-state index is -1.20. The Labute approximate surface area is 225 Å². The first-order valence-corrected chi connectivity index (χ1v) is 16.4. The summed E-state index contributed by atoms with van der Waals surface area (Å²) in [6, 6.07) is 16.3. The van der Waals surface area contributed by atoms with Crippen LogP contribution in [-0.2, 0) is 6.54 Å². The van der Waals surface area contributed by atoms with Crippen LogP contribution in [-0.4, -0.2) is 61.2 Å². The van der Waals surface area contributed by atoms with Crippen molar-refractivity contribution in [3.05, 3.63) is 91.8 Å². The third-order valence-electron chi connectivity index (χ3n) is 6.85. The molecule has 6 rings (SSSR count). The number of Topliss-reactive ketones (excluding diaryl/α,β-unsaturated/α-hetero) is 1. The molecule has 0 atom stereocenters. The van der Waals surface area contributed by atoms with Gasteiger partial charge in [0.2, 0.25) is 0 Å². The standard InChI is InChI=1S/C28H24IN5O4/c30-16-22-25(32-10-12-33(13-11-32)28(37)24-7-4-14-38-24)21-15-20(29-8-9-29)17-31-26(21)34(27(22)36)18-23(35)19-5-2-1-3-6-19/h1-7,14-15,17H,8-13,18H2. The summed E-state index contributed by atoms with van der Waals surface area (Å²) in [6.07, 6.45) is 3.32. The fourth-order valence-electron chi connectivity index (χ4n) is 4.81. The van der Waals surface area contributed by atoms with Crippen molar-refractivity contribution in [3.63, 3.8) is 0 Å². The van der Waals surface area contributed by atoms with E-state index in [1.165, 1.54) is 23.3 Å². The number of halogens is 1. The molecular formula is C28H24IN5O4. The Hall–Kier alpha value is -3.98. The molecule has 0 radical (unpaired) electrons. The van der Waals surface area contributed by atoms with E-state index in [1.807, 2.05) is 17.2 Å². The van der Waals surface area contributed by atoms with Gasteiger partial charge in [-0.25, -0.2) is 0 Å². The SMILES string of the molecule is N#Cc1c(N2CCN(C(=O)c3ccco3)CC2)c2cc(I3CC3)cnc2n(CC(=O)c2ccccc2)c1=O. The fourth-order valence-corrected chi connectivity index (χ4v) is 8.91. The summed E-state index contributed by atoms with van der Waals surface area (Å²) in [6.45, 7) is 1.55. The maximum atomic E-state index is 13.7. The van der Waals surface area contributed by atoms with Gasteiger partial charge in [-0.2, -0.15) is 0 Å². The van der Waals surface area contributed by atoms with E-state index in [2.05, 4.69) is 12.1 Å². The molecule has 2 fully saturated rings. The number of pyridine rings is 2. The van der Waals surface area contributed by atoms with Gasteiger partial charge >= 0.3 is 226 Å². The molecule has 0 N–H and O–H groups in total. The monoisotopic (exact) mass is 621 g/mol. The molecule has 2 saturated heterocycles. The Kier molecular flexibility index (Phi) is 6.45. The van der Waals surface area contributed by atoms with Crippen LogP contribution in [0.1, 0.15) is 26.5 Å². The van der Waals surface area contributed by atoms with Crippen molar-refractivity contribution < 1.29 is 14.0 Å². The van der Waals surface area contributed by atoms with Crippen molar-refractivity contribution in [2.75, 3.05) is 39.9 Å². The quantitative estimate of drug-likeness (QED) is 0.184. The van der Waals surface area contributed by atoms with Crippen molar-refractivity contribution in [1.82, 2.24) is 14.5 Å². The number of alkyl halides is 2. The summed E-state index contributed by atoms with van der Waals surface area (Å²) in [5.41, 5.74) is 0.925. The molecule has 0 saturated carbocycles. The van der Waals surface area contributed by atoms with E-state index in [0.717, 1.165) is 5.39 Å². The van der Waals surface area contributed by atoms with Crippen molar-refractivity contribution in [3.8, 4) is 6.07 Å². The number of amides is 1. The van der Waals surface area contributed by atoms with E-state index in [-0.39, 0.29) is 29.6 Å². The molecule has 10 heteroatoms. The van der Waals surface area contributed by atoms with Crippen molar-refractivity contribution in [2.45, 2.75) is 6.54 Å². The average Bonchev–Trinajstić information content (AvgIpc) is 3.67. The summed E-state index contributed by atoms with van der Waals surface area (Å²) in [5, 5.41) is 10.9. The average molecular weight is 621 g/mol. The van der Waals surface area contributed by atoms with Crippen molar-refractivity contribution >= 4 is 48.2 Å². The molecule has 3 aromatic heterocycles. The van der Waals surface area contributed by atoms with E-state index in [4.69, 9.17) is 9.40 Å². The summed E-state index contributed by atoms with van der Waals surface area (Å²) in [7, 11) is 0. The molecular weight excluding hydrogens is 597 g/mol. The van der Waals surface area contributed by atoms with Gasteiger partial charge in [0.15, 0.2) is 0 Å². The summed E-state index contributed by atoms with van der Waals surface area (Å²) >= 11 is -1.20. The van der Waals surface area contributed by atoms with Gasteiger partial charge in [0.25, 0.3) is 0 Å². The van der Waals surface area contributed by atoms with Crippen molar-refractivity contribution in [2.24, 2.45) is 0 Å². The van der Waals surface area contributed by atoms with Crippen LogP contribution in [0.15, 0.2) is 70.2 Å². The van der Waals surface area contributed by atoms with Crippen LogP contribution in [0.3, 0.4) is 0 Å². The number of nitrogens with zero attached hydrogens (tertiary/aromatic N) is 5. The number of carbonyl (C=O) groups is 2. The molecule has 0 aliphatic carbocycles. The number of fused-ring (bicyclic) bond motifs is 1. The predicted octanol–water partition coefficient (Wildman–Crippen LogP) is 3.40. The summed E-state index contributed by atoms with van der Waals surface area (Å²) in [5.74, 6) is -0.116. The molecule has 1 amide bonds. The number of benzene rings is 1. The molecule has 0 unspecified atom stereocenters. The van der Waals surface area contributed by atoms with Gasteiger partial charge in [0.05, 0.1) is 0 Å². The second-order valence-corrected chi connectivity index (χ2v) is 15.1. The number of carbonyl (C=O) groups excluding carboxylic acids is 2. The minimum absolute atomic E-state index is 0.00252. The number of rotatable bonds is 6. The van der Waals surface area contributed by atoms with E-state index >= 15 is 0 Å². The first-order chi connectivity index (χ1) is 18.5. The van der Waals surface area contributed by atoms with Crippen LogP contribution in [0, 0.1) is 14.9 Å². The van der Waals surface area contributed by atoms with Crippen LogP contribution in [0.5, 0.6) is 0 Å². The zero-order valence-corrected chi connectivity index (χ0v) is 22.6. The Morgan fingerprint density at radius 3 is 2.47 bits per heavy atom. The van der Waals surface area contributed by atoms with Gasteiger partial charge in [-0.3, -0.25) is 0 Å². The van der Waals surface area contributed by atoms with Gasteiger partial charge in [-0.05, 0) is 0 Å². The second kappa shape index (κ2) is 10.1. The zero-order valence-electron chi connectivity index (χ0n) is 20.5. The van der Waals surface area contributed by atoms with Gasteiger partial charge in [-0.15, -0.1) is 0 Å². The Morgan fingerprint density at radius 1 is 1.05 bits per heavy atom. The second-order valence-electron chi connectivity index (χ2n) is 9.13. The van der Waals surface area contributed by atoms with Crippen LogP contribution in [0.25, 0.3) is 11.0 Å². The zero-order chi connectivity index (χ0) is 26.2. The molecule has 2 aliphatic rings. The summed E-state index contributed by atoms with van der Waals surface area (Å²) in [4.78, 5) is 47.9. The topological polar surface area (TPSA) is 112 Å². The van der Waals surface area contributed by atoms with Crippen LogP contribution < -0.4 is 10.5 Å².